The van der Waals surface area contributed by atoms with Crippen molar-refractivity contribution in [2.45, 2.75) is 44.9 Å². The number of rotatable bonds is 5. The van der Waals surface area contributed by atoms with E-state index in [1.54, 1.807) is 0 Å². The second-order valence-electron chi connectivity index (χ2n) is 8.95. The third-order valence-electron chi connectivity index (χ3n) is 6.47. The second kappa shape index (κ2) is 9.92. The first kappa shape index (κ1) is 22.0. The Morgan fingerprint density at radius 1 is 1.23 bits per heavy atom. The Morgan fingerprint density at radius 3 is 2.74 bits per heavy atom. The van der Waals surface area contributed by atoms with Gasteiger partial charge in [0.25, 0.3) is 0 Å². The van der Waals surface area contributed by atoms with Gasteiger partial charge in [-0.05, 0) is 56.3 Å². The summed E-state index contributed by atoms with van der Waals surface area (Å²) in [5, 5.41) is 7.22. The molecule has 0 aliphatic carbocycles. The number of nitrogens with one attached hydrogen (secondary N) is 2. The molecular formula is C24H33N5OS. The molecular weight excluding hydrogens is 406 g/mol. The molecule has 0 spiro atoms. The van der Waals surface area contributed by atoms with Gasteiger partial charge in [0.1, 0.15) is 5.82 Å². The molecule has 0 radical (unpaired) electrons. The van der Waals surface area contributed by atoms with Crippen LogP contribution in [0.2, 0.25) is 0 Å². The van der Waals surface area contributed by atoms with E-state index in [-0.39, 0.29) is 5.41 Å². The van der Waals surface area contributed by atoms with Gasteiger partial charge in [0, 0.05) is 50.0 Å². The number of thiocarbonyl (C=S) groups is 1. The Hall–Kier alpha value is -2.25. The Kier molecular flexibility index (Phi) is 7.02. The molecule has 31 heavy (non-hydrogen) atoms. The van der Waals surface area contributed by atoms with Crippen molar-refractivity contribution in [1.29, 1.82) is 0 Å². The van der Waals surface area contributed by atoms with Gasteiger partial charge in [0.2, 0.25) is 5.95 Å². The SMILES string of the molecule is Cc1cc(N2CCCC(C)C2)nc(NC(=S)NCC2(c3ccccc3)CCOCC2)n1. The van der Waals surface area contributed by atoms with Crippen molar-refractivity contribution in [2.24, 2.45) is 5.92 Å². The smallest absolute Gasteiger partial charge is 0.231 e. The maximum Gasteiger partial charge on any atom is 0.231 e. The minimum Gasteiger partial charge on any atom is -0.381 e. The average Bonchev–Trinajstić information content (AvgIpc) is 2.79. The molecule has 7 heteroatoms. The lowest BCUT2D eigenvalue weighted by Crippen LogP contribution is -2.45. The molecule has 0 saturated carbocycles. The Balaban J connectivity index is 1.42. The summed E-state index contributed by atoms with van der Waals surface area (Å²) in [7, 11) is 0. The molecule has 1 aromatic carbocycles. The van der Waals surface area contributed by atoms with E-state index in [0.29, 0.717) is 17.0 Å². The van der Waals surface area contributed by atoms with E-state index in [4.69, 9.17) is 21.9 Å². The van der Waals surface area contributed by atoms with E-state index < -0.39 is 0 Å². The molecule has 3 heterocycles. The summed E-state index contributed by atoms with van der Waals surface area (Å²) >= 11 is 5.62. The molecule has 0 amide bonds. The summed E-state index contributed by atoms with van der Waals surface area (Å²) in [4.78, 5) is 11.7. The highest BCUT2D eigenvalue weighted by Gasteiger charge is 2.34. The number of hydrogen-bond donors (Lipinski definition) is 2. The minimum atomic E-state index is 0.0216. The first-order valence-corrected chi connectivity index (χ1v) is 11.7. The van der Waals surface area contributed by atoms with Gasteiger partial charge in [-0.1, -0.05) is 37.3 Å². The fourth-order valence-electron chi connectivity index (χ4n) is 4.68. The molecule has 4 rings (SSSR count). The van der Waals surface area contributed by atoms with Crippen molar-refractivity contribution in [3.63, 3.8) is 0 Å². The highest BCUT2D eigenvalue weighted by molar-refractivity contribution is 7.80. The summed E-state index contributed by atoms with van der Waals surface area (Å²) in [6.45, 7) is 8.70. The van der Waals surface area contributed by atoms with Gasteiger partial charge in [0.05, 0.1) is 0 Å². The number of ether oxygens (including phenoxy) is 1. The summed E-state index contributed by atoms with van der Waals surface area (Å²) in [5.41, 5.74) is 2.30. The number of hydrogen-bond acceptors (Lipinski definition) is 5. The molecule has 2 fully saturated rings. The van der Waals surface area contributed by atoms with Crippen molar-refractivity contribution in [3.8, 4) is 0 Å². The molecule has 1 atom stereocenters. The van der Waals surface area contributed by atoms with E-state index in [1.807, 2.05) is 6.92 Å². The first-order chi connectivity index (χ1) is 15.0. The Labute approximate surface area is 190 Å². The largest absolute Gasteiger partial charge is 0.381 e. The molecule has 1 aromatic heterocycles. The molecule has 2 N–H and O–H groups in total. The summed E-state index contributed by atoms with van der Waals surface area (Å²) in [5.74, 6) is 2.23. The average molecular weight is 440 g/mol. The monoisotopic (exact) mass is 439 g/mol. The standard InChI is InChI=1S/C24H33N5OS/c1-18-7-6-12-29(16-18)21-15-19(2)26-22(27-21)28-23(31)25-17-24(10-13-30-14-11-24)20-8-4-3-5-9-20/h3-5,8-9,15,18H,6-7,10-14,16-17H2,1-2H3,(H2,25,26,27,28,31). The third kappa shape index (κ3) is 5.52. The van der Waals surface area contributed by atoms with Crippen molar-refractivity contribution < 1.29 is 4.74 Å². The van der Waals surface area contributed by atoms with Crippen molar-refractivity contribution in [3.05, 3.63) is 47.7 Å². The van der Waals surface area contributed by atoms with Crippen LogP contribution in [-0.4, -0.2) is 47.9 Å². The molecule has 166 valence electrons. The zero-order chi connectivity index (χ0) is 21.7. The van der Waals surface area contributed by atoms with Gasteiger partial charge < -0.3 is 20.3 Å². The zero-order valence-corrected chi connectivity index (χ0v) is 19.4. The van der Waals surface area contributed by atoms with Gasteiger partial charge in [-0.25, -0.2) is 4.98 Å². The molecule has 2 aromatic rings. The predicted octanol–water partition coefficient (Wildman–Crippen LogP) is 4.06. The van der Waals surface area contributed by atoms with Gasteiger partial charge in [-0.3, -0.25) is 0 Å². The summed E-state index contributed by atoms with van der Waals surface area (Å²) in [6, 6.07) is 12.7. The maximum absolute atomic E-state index is 5.64. The van der Waals surface area contributed by atoms with Crippen LogP contribution in [0.1, 0.15) is 43.9 Å². The van der Waals surface area contributed by atoms with Crippen molar-refractivity contribution in [1.82, 2.24) is 15.3 Å². The fraction of sp³-hybridized carbons (Fsp3) is 0.542. The van der Waals surface area contributed by atoms with Crippen molar-refractivity contribution in [2.75, 3.05) is 43.1 Å². The number of nitrogens with zero attached hydrogens (tertiary/aromatic N) is 3. The van der Waals surface area contributed by atoms with Crippen LogP contribution in [0.25, 0.3) is 0 Å². The van der Waals surface area contributed by atoms with Crippen LogP contribution in [0.3, 0.4) is 0 Å². The summed E-state index contributed by atoms with van der Waals surface area (Å²) < 4.78 is 5.64. The fourth-order valence-corrected chi connectivity index (χ4v) is 4.85. The van der Waals surface area contributed by atoms with E-state index >= 15 is 0 Å². The summed E-state index contributed by atoms with van der Waals surface area (Å²) in [6.07, 6.45) is 4.45. The molecule has 6 nitrogen and oxygen atoms in total. The quantitative estimate of drug-likeness (QED) is 0.681. The number of aromatic nitrogens is 2. The minimum absolute atomic E-state index is 0.0216. The number of aryl methyl sites for hydroxylation is 1. The first-order valence-electron chi connectivity index (χ1n) is 11.3. The molecule has 2 aliphatic heterocycles. The highest BCUT2D eigenvalue weighted by Crippen LogP contribution is 2.34. The Bertz CT molecular complexity index is 885. The molecule has 2 aliphatic rings. The molecule has 1 unspecified atom stereocenters. The molecule has 0 bridgehead atoms. The van der Waals surface area contributed by atoms with Crippen LogP contribution < -0.4 is 15.5 Å². The van der Waals surface area contributed by atoms with E-state index in [1.165, 1.54) is 18.4 Å². The number of anilines is 2. The normalized spacial score (nSPS) is 20.8. The van der Waals surface area contributed by atoms with Gasteiger partial charge >= 0.3 is 0 Å². The topological polar surface area (TPSA) is 62.3 Å². The van der Waals surface area contributed by atoms with Crippen LogP contribution in [0.4, 0.5) is 11.8 Å². The van der Waals surface area contributed by atoms with Crippen LogP contribution in [0, 0.1) is 12.8 Å². The van der Waals surface area contributed by atoms with Gasteiger partial charge in [-0.2, -0.15) is 4.98 Å². The number of benzene rings is 1. The zero-order valence-electron chi connectivity index (χ0n) is 18.6. The number of piperidine rings is 1. The maximum atomic E-state index is 5.64. The van der Waals surface area contributed by atoms with Gasteiger partial charge in [0.15, 0.2) is 5.11 Å². The lowest BCUT2D eigenvalue weighted by Gasteiger charge is -2.38. The predicted molar refractivity (Wildman–Crippen MR) is 130 cm³/mol. The van der Waals surface area contributed by atoms with Gasteiger partial charge in [-0.15, -0.1) is 0 Å². The molecule has 2 saturated heterocycles. The van der Waals surface area contributed by atoms with Crippen LogP contribution in [0.15, 0.2) is 36.4 Å². The van der Waals surface area contributed by atoms with E-state index in [2.05, 4.69) is 63.8 Å². The van der Waals surface area contributed by atoms with Crippen LogP contribution >= 0.6 is 12.2 Å². The van der Waals surface area contributed by atoms with Crippen LogP contribution in [0.5, 0.6) is 0 Å². The van der Waals surface area contributed by atoms with E-state index in [0.717, 1.165) is 57.2 Å². The lowest BCUT2D eigenvalue weighted by molar-refractivity contribution is 0.0515. The third-order valence-corrected chi connectivity index (χ3v) is 6.72. The van der Waals surface area contributed by atoms with Crippen molar-refractivity contribution >= 4 is 29.1 Å². The second-order valence-corrected chi connectivity index (χ2v) is 9.36. The lowest BCUT2D eigenvalue weighted by atomic mass is 9.74. The van der Waals surface area contributed by atoms with Crippen LogP contribution in [-0.2, 0) is 10.2 Å². The van der Waals surface area contributed by atoms with E-state index in [9.17, 15) is 0 Å². The highest BCUT2D eigenvalue weighted by atomic mass is 32.1. The Morgan fingerprint density at radius 2 is 2.00 bits per heavy atom.